The van der Waals surface area contributed by atoms with E-state index in [1.165, 1.54) is 26.0 Å². The topological polar surface area (TPSA) is 102 Å². The highest BCUT2D eigenvalue weighted by molar-refractivity contribution is 5.89. The SMILES string of the molecule is CC(=O)O[C@@H]1C(C)O[C@@H](O)C(OC(=O)c2ccccc2)C1O. The number of benzene rings is 1. The van der Waals surface area contributed by atoms with Crippen LogP contribution in [0.3, 0.4) is 0 Å². The quantitative estimate of drug-likeness (QED) is 0.771. The van der Waals surface area contributed by atoms with Gasteiger partial charge in [0.15, 0.2) is 18.5 Å². The number of carbonyl (C=O) groups is 2. The fourth-order valence-electron chi connectivity index (χ4n) is 2.26. The molecule has 0 spiro atoms. The molecule has 0 aliphatic carbocycles. The number of hydrogen-bond donors (Lipinski definition) is 2. The van der Waals surface area contributed by atoms with Crippen molar-refractivity contribution in [1.82, 2.24) is 0 Å². The number of aliphatic hydroxyl groups is 2. The summed E-state index contributed by atoms with van der Waals surface area (Å²) in [7, 11) is 0. The first kappa shape index (κ1) is 16.4. The summed E-state index contributed by atoms with van der Waals surface area (Å²) in [5.74, 6) is -1.33. The third-order valence-corrected chi connectivity index (χ3v) is 3.33. The Morgan fingerprint density at radius 2 is 1.73 bits per heavy atom. The zero-order valence-electron chi connectivity index (χ0n) is 12.2. The normalized spacial score (nSPS) is 31.4. The lowest BCUT2D eigenvalue weighted by atomic mass is 9.99. The highest BCUT2D eigenvalue weighted by Crippen LogP contribution is 2.25. The van der Waals surface area contributed by atoms with Crippen LogP contribution in [0, 0.1) is 0 Å². The molecule has 1 fully saturated rings. The van der Waals surface area contributed by atoms with E-state index in [2.05, 4.69) is 0 Å². The molecule has 7 nitrogen and oxygen atoms in total. The number of hydrogen-bond acceptors (Lipinski definition) is 7. The Morgan fingerprint density at radius 3 is 2.32 bits per heavy atom. The molecule has 22 heavy (non-hydrogen) atoms. The van der Waals surface area contributed by atoms with Gasteiger partial charge in [-0.05, 0) is 19.1 Å². The smallest absolute Gasteiger partial charge is 0.338 e. The van der Waals surface area contributed by atoms with E-state index in [1.807, 2.05) is 0 Å². The summed E-state index contributed by atoms with van der Waals surface area (Å²) >= 11 is 0. The van der Waals surface area contributed by atoms with Crippen molar-refractivity contribution < 1.29 is 34.0 Å². The molecule has 1 aliphatic rings. The first-order valence-corrected chi connectivity index (χ1v) is 6.85. The van der Waals surface area contributed by atoms with E-state index in [4.69, 9.17) is 14.2 Å². The van der Waals surface area contributed by atoms with Gasteiger partial charge >= 0.3 is 11.9 Å². The third kappa shape index (κ3) is 3.62. The maximum atomic E-state index is 12.0. The summed E-state index contributed by atoms with van der Waals surface area (Å²) in [6.45, 7) is 2.73. The zero-order chi connectivity index (χ0) is 16.3. The summed E-state index contributed by atoms with van der Waals surface area (Å²) in [6.07, 6.45) is -6.02. The Labute approximate surface area is 127 Å². The van der Waals surface area contributed by atoms with Crippen molar-refractivity contribution in [3.63, 3.8) is 0 Å². The Bertz CT molecular complexity index is 530. The van der Waals surface area contributed by atoms with Gasteiger partial charge in [0.25, 0.3) is 0 Å². The predicted octanol–water partition coefficient (Wildman–Crippen LogP) is 0.242. The Kier molecular flexibility index (Phi) is 5.12. The summed E-state index contributed by atoms with van der Waals surface area (Å²) in [5.41, 5.74) is 0.268. The van der Waals surface area contributed by atoms with Crippen molar-refractivity contribution in [3.8, 4) is 0 Å². The van der Waals surface area contributed by atoms with Crippen molar-refractivity contribution in [2.24, 2.45) is 0 Å². The monoisotopic (exact) mass is 310 g/mol. The molecule has 5 atom stereocenters. The van der Waals surface area contributed by atoms with Crippen molar-refractivity contribution in [1.29, 1.82) is 0 Å². The molecule has 3 unspecified atom stereocenters. The van der Waals surface area contributed by atoms with Crippen LogP contribution in [-0.4, -0.2) is 52.9 Å². The van der Waals surface area contributed by atoms with E-state index in [0.29, 0.717) is 0 Å². The van der Waals surface area contributed by atoms with Crippen molar-refractivity contribution in [3.05, 3.63) is 35.9 Å². The molecule has 120 valence electrons. The average molecular weight is 310 g/mol. The summed E-state index contributed by atoms with van der Waals surface area (Å²) in [4.78, 5) is 23.1. The number of aliphatic hydroxyl groups excluding tert-OH is 2. The van der Waals surface area contributed by atoms with E-state index in [1.54, 1.807) is 18.2 Å². The number of rotatable bonds is 3. The van der Waals surface area contributed by atoms with Crippen LogP contribution in [0.5, 0.6) is 0 Å². The van der Waals surface area contributed by atoms with Crippen molar-refractivity contribution in [2.75, 3.05) is 0 Å². The third-order valence-electron chi connectivity index (χ3n) is 3.33. The second kappa shape index (κ2) is 6.87. The number of ether oxygens (including phenoxy) is 3. The highest BCUT2D eigenvalue weighted by Gasteiger charge is 2.47. The second-order valence-corrected chi connectivity index (χ2v) is 5.03. The summed E-state index contributed by atoms with van der Waals surface area (Å²) in [5, 5.41) is 20.1. The predicted molar refractivity (Wildman–Crippen MR) is 73.8 cm³/mol. The van der Waals surface area contributed by atoms with Gasteiger partial charge in [-0.15, -0.1) is 0 Å². The molecule has 1 aromatic rings. The number of carbonyl (C=O) groups excluding carboxylic acids is 2. The standard InChI is InChI=1S/C15H18O7/c1-8-12(21-9(2)16)11(17)13(15(19)20-8)22-14(18)10-6-4-3-5-7-10/h3-8,11-13,15,17,19H,1-2H3/t8?,11?,12-,13?,15-/m1/s1. The maximum Gasteiger partial charge on any atom is 0.338 e. The van der Waals surface area contributed by atoms with Gasteiger partial charge in [0.2, 0.25) is 0 Å². The minimum absolute atomic E-state index is 0.268. The molecule has 2 rings (SSSR count). The molecule has 2 N–H and O–H groups in total. The molecule has 0 amide bonds. The van der Waals surface area contributed by atoms with Crippen molar-refractivity contribution >= 4 is 11.9 Å². The minimum atomic E-state index is -1.51. The van der Waals surface area contributed by atoms with E-state index < -0.39 is 42.6 Å². The molecular weight excluding hydrogens is 292 g/mol. The lowest BCUT2D eigenvalue weighted by Gasteiger charge is -2.40. The molecule has 0 saturated carbocycles. The van der Waals surface area contributed by atoms with Crippen LogP contribution in [0.15, 0.2) is 30.3 Å². The lowest BCUT2D eigenvalue weighted by molar-refractivity contribution is -0.280. The zero-order valence-corrected chi connectivity index (χ0v) is 12.2. The molecule has 1 saturated heterocycles. The Balaban J connectivity index is 2.11. The molecule has 0 aromatic heterocycles. The minimum Gasteiger partial charge on any atom is -0.457 e. The van der Waals surface area contributed by atoms with Gasteiger partial charge in [0.1, 0.15) is 6.10 Å². The average Bonchev–Trinajstić information content (AvgIpc) is 2.48. The Hall–Kier alpha value is -1.96. The molecule has 1 aromatic carbocycles. The molecule has 1 heterocycles. The van der Waals surface area contributed by atoms with Crippen LogP contribution in [0.2, 0.25) is 0 Å². The van der Waals surface area contributed by atoms with E-state index >= 15 is 0 Å². The summed E-state index contributed by atoms with van der Waals surface area (Å²) < 4.78 is 15.2. The van der Waals surface area contributed by atoms with Gasteiger partial charge in [-0.2, -0.15) is 0 Å². The lowest BCUT2D eigenvalue weighted by Crippen LogP contribution is -2.59. The van der Waals surface area contributed by atoms with Gasteiger partial charge < -0.3 is 24.4 Å². The number of esters is 2. The van der Waals surface area contributed by atoms with Crippen molar-refractivity contribution in [2.45, 2.75) is 44.6 Å². The van der Waals surface area contributed by atoms with Gasteiger partial charge in [-0.25, -0.2) is 4.79 Å². The van der Waals surface area contributed by atoms with Gasteiger partial charge in [0, 0.05) is 6.92 Å². The van der Waals surface area contributed by atoms with Crippen LogP contribution in [0.1, 0.15) is 24.2 Å². The van der Waals surface area contributed by atoms with E-state index in [0.717, 1.165) is 0 Å². The molecule has 7 heteroatoms. The largest absolute Gasteiger partial charge is 0.457 e. The van der Waals surface area contributed by atoms with Crippen LogP contribution in [0.25, 0.3) is 0 Å². The first-order valence-electron chi connectivity index (χ1n) is 6.85. The van der Waals surface area contributed by atoms with E-state index in [9.17, 15) is 19.8 Å². The second-order valence-electron chi connectivity index (χ2n) is 5.03. The highest BCUT2D eigenvalue weighted by atomic mass is 16.7. The fourth-order valence-corrected chi connectivity index (χ4v) is 2.26. The van der Waals surface area contributed by atoms with Crippen LogP contribution in [-0.2, 0) is 19.0 Å². The van der Waals surface area contributed by atoms with Gasteiger partial charge in [-0.3, -0.25) is 4.79 Å². The maximum absolute atomic E-state index is 12.0. The molecule has 1 aliphatic heterocycles. The fraction of sp³-hybridized carbons (Fsp3) is 0.467. The van der Waals surface area contributed by atoms with E-state index in [-0.39, 0.29) is 5.56 Å². The van der Waals surface area contributed by atoms with Crippen LogP contribution >= 0.6 is 0 Å². The van der Waals surface area contributed by atoms with Gasteiger partial charge in [0.05, 0.1) is 11.7 Å². The van der Waals surface area contributed by atoms with Crippen LogP contribution in [0.4, 0.5) is 0 Å². The molecular formula is C15H18O7. The van der Waals surface area contributed by atoms with Gasteiger partial charge in [-0.1, -0.05) is 18.2 Å². The molecule has 0 bridgehead atoms. The summed E-state index contributed by atoms with van der Waals surface area (Å²) in [6, 6.07) is 8.13. The van der Waals surface area contributed by atoms with Crippen LogP contribution < -0.4 is 0 Å². The Morgan fingerprint density at radius 1 is 1.09 bits per heavy atom. The first-order chi connectivity index (χ1) is 10.4. The molecule has 0 radical (unpaired) electrons.